The largest absolute Gasteiger partial charge is 0.330 e. The lowest BCUT2D eigenvalue weighted by Gasteiger charge is -2.05. The molecular formula is C9H19N. The highest BCUT2D eigenvalue weighted by Gasteiger charge is 1.96. The van der Waals surface area contributed by atoms with Crippen LogP contribution in [0, 0.1) is 5.92 Å². The molecule has 0 rings (SSSR count). The molecule has 2 N–H and O–H groups in total. The molecule has 0 saturated heterocycles. The first-order valence-electron chi connectivity index (χ1n) is 4.12. The summed E-state index contributed by atoms with van der Waals surface area (Å²) in [6.45, 7) is 5.17. The Morgan fingerprint density at radius 1 is 1.50 bits per heavy atom. The molecule has 0 amide bonds. The van der Waals surface area contributed by atoms with E-state index in [4.69, 9.17) is 5.73 Å². The number of hydrogen-bond acceptors (Lipinski definition) is 1. The van der Waals surface area contributed by atoms with E-state index in [1.165, 1.54) is 19.3 Å². The van der Waals surface area contributed by atoms with E-state index >= 15 is 0 Å². The van der Waals surface area contributed by atoms with Gasteiger partial charge < -0.3 is 5.73 Å². The van der Waals surface area contributed by atoms with E-state index in [1.807, 2.05) is 0 Å². The molecule has 0 fully saturated rings. The predicted molar refractivity (Wildman–Crippen MR) is 46.9 cm³/mol. The highest BCUT2D eigenvalue weighted by molar-refractivity contribution is 4.78. The molecule has 0 bridgehead atoms. The van der Waals surface area contributed by atoms with Gasteiger partial charge in [-0.25, -0.2) is 0 Å². The third kappa shape index (κ3) is 5.83. The zero-order chi connectivity index (χ0) is 7.82. The van der Waals surface area contributed by atoms with Gasteiger partial charge >= 0.3 is 0 Å². The van der Waals surface area contributed by atoms with Gasteiger partial charge in [-0.15, -0.1) is 0 Å². The Bertz CT molecular complexity index is 86.7. The highest BCUT2D eigenvalue weighted by atomic mass is 14.5. The fourth-order valence-electron chi connectivity index (χ4n) is 0.953. The van der Waals surface area contributed by atoms with Crippen molar-refractivity contribution in [2.75, 3.05) is 6.54 Å². The Kier molecular flexibility index (Phi) is 6.61. The van der Waals surface area contributed by atoms with Gasteiger partial charge in [-0.05, 0) is 38.6 Å². The normalized spacial score (nSPS) is 14.3. The number of rotatable bonds is 5. The molecule has 1 atom stereocenters. The van der Waals surface area contributed by atoms with Crippen LogP contribution in [0.1, 0.15) is 33.1 Å². The zero-order valence-electron chi connectivity index (χ0n) is 7.14. The lowest BCUT2D eigenvalue weighted by Crippen LogP contribution is -2.01. The van der Waals surface area contributed by atoms with Gasteiger partial charge in [0.25, 0.3) is 0 Å². The van der Waals surface area contributed by atoms with Crippen molar-refractivity contribution in [3.8, 4) is 0 Å². The minimum absolute atomic E-state index is 0.805. The van der Waals surface area contributed by atoms with Crippen molar-refractivity contribution in [3.05, 3.63) is 12.2 Å². The Labute approximate surface area is 64.3 Å². The van der Waals surface area contributed by atoms with Crippen LogP contribution in [0.3, 0.4) is 0 Å². The van der Waals surface area contributed by atoms with Gasteiger partial charge in [-0.3, -0.25) is 0 Å². The van der Waals surface area contributed by atoms with Crippen molar-refractivity contribution in [2.45, 2.75) is 33.1 Å². The molecule has 1 unspecified atom stereocenters. The molecule has 10 heavy (non-hydrogen) atoms. The van der Waals surface area contributed by atoms with Crippen molar-refractivity contribution >= 4 is 0 Å². The topological polar surface area (TPSA) is 26.0 Å². The zero-order valence-corrected chi connectivity index (χ0v) is 7.14. The van der Waals surface area contributed by atoms with E-state index in [0.717, 1.165) is 12.5 Å². The first-order valence-corrected chi connectivity index (χ1v) is 4.12. The number of hydrogen-bond donors (Lipinski definition) is 1. The van der Waals surface area contributed by atoms with Gasteiger partial charge in [-0.2, -0.15) is 0 Å². The molecule has 0 saturated carbocycles. The molecule has 0 aromatic carbocycles. The minimum Gasteiger partial charge on any atom is -0.330 e. The van der Waals surface area contributed by atoms with Crippen LogP contribution in [0.2, 0.25) is 0 Å². The second-order valence-corrected chi connectivity index (χ2v) is 2.84. The van der Waals surface area contributed by atoms with Crippen LogP contribution < -0.4 is 5.73 Å². The summed E-state index contributed by atoms with van der Waals surface area (Å²) in [5.74, 6) is 0.805. The third-order valence-electron chi connectivity index (χ3n) is 1.68. The molecule has 0 radical (unpaired) electrons. The molecule has 0 aliphatic carbocycles. The molecule has 0 aliphatic heterocycles. The van der Waals surface area contributed by atoms with Crippen molar-refractivity contribution < 1.29 is 0 Å². The maximum Gasteiger partial charge on any atom is -0.00772 e. The van der Waals surface area contributed by atoms with Crippen LogP contribution >= 0.6 is 0 Å². The van der Waals surface area contributed by atoms with Gasteiger partial charge in [0.1, 0.15) is 0 Å². The van der Waals surface area contributed by atoms with Gasteiger partial charge in [0, 0.05) is 0 Å². The summed E-state index contributed by atoms with van der Waals surface area (Å²) < 4.78 is 0. The monoisotopic (exact) mass is 141 g/mol. The van der Waals surface area contributed by atoms with Crippen LogP contribution in [0.5, 0.6) is 0 Å². The van der Waals surface area contributed by atoms with E-state index < -0.39 is 0 Å². The molecule has 0 aromatic heterocycles. The average Bonchev–Trinajstić information content (AvgIpc) is 1.97. The standard InChI is InChI=1S/C9H19N/c1-3-4-6-9(2)7-5-8-10/h3-4,9H,5-8,10H2,1-2H3/b4-3+. The SMILES string of the molecule is C/C=C/CC(C)CCCN. The molecule has 0 aromatic rings. The fourth-order valence-corrected chi connectivity index (χ4v) is 0.953. The summed E-state index contributed by atoms with van der Waals surface area (Å²) in [4.78, 5) is 0. The second-order valence-electron chi connectivity index (χ2n) is 2.84. The first-order chi connectivity index (χ1) is 4.81. The lowest BCUT2D eigenvalue weighted by atomic mass is 10.0. The van der Waals surface area contributed by atoms with Crippen molar-refractivity contribution in [1.29, 1.82) is 0 Å². The van der Waals surface area contributed by atoms with E-state index in [-0.39, 0.29) is 0 Å². The van der Waals surface area contributed by atoms with Crippen LogP contribution in [-0.2, 0) is 0 Å². The Morgan fingerprint density at radius 2 is 2.20 bits per heavy atom. The highest BCUT2D eigenvalue weighted by Crippen LogP contribution is 2.09. The number of allylic oxidation sites excluding steroid dienone is 2. The molecule has 1 nitrogen and oxygen atoms in total. The summed E-state index contributed by atoms with van der Waals surface area (Å²) in [7, 11) is 0. The first kappa shape index (κ1) is 9.70. The summed E-state index contributed by atoms with van der Waals surface area (Å²) >= 11 is 0. The molecule has 60 valence electrons. The summed E-state index contributed by atoms with van der Waals surface area (Å²) in [5.41, 5.74) is 5.39. The minimum atomic E-state index is 0.805. The fraction of sp³-hybridized carbons (Fsp3) is 0.778. The predicted octanol–water partition coefficient (Wildman–Crippen LogP) is 2.33. The van der Waals surface area contributed by atoms with Gasteiger partial charge in [0.15, 0.2) is 0 Å². The van der Waals surface area contributed by atoms with Crippen molar-refractivity contribution in [1.82, 2.24) is 0 Å². The van der Waals surface area contributed by atoms with Crippen molar-refractivity contribution in [2.24, 2.45) is 11.7 Å². The van der Waals surface area contributed by atoms with Gasteiger partial charge in [0.05, 0.1) is 0 Å². The molecule has 0 heterocycles. The summed E-state index contributed by atoms with van der Waals surface area (Å²) in [6.07, 6.45) is 7.97. The molecule has 0 aliphatic rings. The Morgan fingerprint density at radius 3 is 2.70 bits per heavy atom. The summed E-state index contributed by atoms with van der Waals surface area (Å²) in [6, 6.07) is 0. The third-order valence-corrected chi connectivity index (χ3v) is 1.68. The smallest absolute Gasteiger partial charge is 0.00772 e. The lowest BCUT2D eigenvalue weighted by molar-refractivity contribution is 0.521. The maximum absolute atomic E-state index is 5.39. The molecular weight excluding hydrogens is 122 g/mol. The van der Waals surface area contributed by atoms with E-state index in [0.29, 0.717) is 0 Å². The average molecular weight is 141 g/mol. The van der Waals surface area contributed by atoms with E-state index in [1.54, 1.807) is 0 Å². The summed E-state index contributed by atoms with van der Waals surface area (Å²) in [5, 5.41) is 0. The quantitative estimate of drug-likeness (QED) is 0.584. The van der Waals surface area contributed by atoms with Crippen LogP contribution in [0.15, 0.2) is 12.2 Å². The molecule has 1 heteroatoms. The maximum atomic E-state index is 5.39. The van der Waals surface area contributed by atoms with Crippen LogP contribution in [0.25, 0.3) is 0 Å². The van der Waals surface area contributed by atoms with Gasteiger partial charge in [-0.1, -0.05) is 19.1 Å². The second kappa shape index (κ2) is 6.81. The van der Waals surface area contributed by atoms with Gasteiger partial charge in [0.2, 0.25) is 0 Å². The number of nitrogens with two attached hydrogens (primary N) is 1. The van der Waals surface area contributed by atoms with E-state index in [2.05, 4.69) is 26.0 Å². The van der Waals surface area contributed by atoms with E-state index in [9.17, 15) is 0 Å². The van der Waals surface area contributed by atoms with Crippen LogP contribution in [-0.4, -0.2) is 6.54 Å². The Balaban J connectivity index is 3.16. The van der Waals surface area contributed by atoms with Crippen LogP contribution in [0.4, 0.5) is 0 Å². The van der Waals surface area contributed by atoms with Crippen molar-refractivity contribution in [3.63, 3.8) is 0 Å². The Hall–Kier alpha value is -0.300. The molecule has 0 spiro atoms.